The van der Waals surface area contributed by atoms with Gasteiger partial charge >= 0.3 is 0 Å². The number of aryl methyl sites for hydroxylation is 2. The third-order valence-corrected chi connectivity index (χ3v) is 5.93. The van der Waals surface area contributed by atoms with E-state index in [4.69, 9.17) is 21.1 Å². The van der Waals surface area contributed by atoms with Gasteiger partial charge in [0, 0.05) is 11.3 Å². The molecule has 28 heavy (non-hydrogen) atoms. The zero-order chi connectivity index (χ0) is 19.8. The average Bonchev–Trinajstić information content (AvgIpc) is 2.83. The molecular formula is C20H16ClN3O3S. The van der Waals surface area contributed by atoms with Crippen molar-refractivity contribution in [2.24, 2.45) is 0 Å². The first-order chi connectivity index (χ1) is 13.5. The van der Waals surface area contributed by atoms with Gasteiger partial charge in [-0.3, -0.25) is 4.79 Å². The molecule has 0 fully saturated rings. The molecule has 6 nitrogen and oxygen atoms in total. The number of aromatic nitrogens is 2. The highest BCUT2D eigenvalue weighted by atomic mass is 35.5. The van der Waals surface area contributed by atoms with Crippen LogP contribution in [0.1, 0.15) is 28.2 Å². The second-order valence-corrected chi connectivity index (χ2v) is 8.04. The number of nitrogens with one attached hydrogen (secondary N) is 1. The Labute approximate surface area is 170 Å². The molecule has 3 aromatic rings. The summed E-state index contributed by atoms with van der Waals surface area (Å²) < 4.78 is 11.3. The molecule has 1 N–H and O–H groups in total. The Balaban J connectivity index is 1.82. The number of nitrogens with zero attached hydrogens (tertiary/aromatic N) is 2. The highest BCUT2D eigenvalue weighted by molar-refractivity contribution is 7.18. The first-order valence-electron chi connectivity index (χ1n) is 8.69. The van der Waals surface area contributed by atoms with E-state index >= 15 is 0 Å². The minimum Gasteiger partial charge on any atom is -0.489 e. The molecule has 0 aliphatic carbocycles. The van der Waals surface area contributed by atoms with Crippen molar-refractivity contribution in [1.29, 1.82) is 5.26 Å². The third-order valence-electron chi connectivity index (χ3n) is 4.55. The Kier molecular flexibility index (Phi) is 4.84. The van der Waals surface area contributed by atoms with Crippen LogP contribution in [-0.4, -0.2) is 23.2 Å². The molecule has 0 amide bonds. The molecule has 0 bridgehead atoms. The van der Waals surface area contributed by atoms with Crippen LogP contribution in [0.3, 0.4) is 0 Å². The number of halogens is 1. The number of aromatic amines is 1. The van der Waals surface area contributed by atoms with E-state index in [2.05, 4.69) is 16.0 Å². The van der Waals surface area contributed by atoms with E-state index in [1.807, 2.05) is 13.8 Å². The van der Waals surface area contributed by atoms with Crippen molar-refractivity contribution in [2.45, 2.75) is 20.3 Å². The van der Waals surface area contributed by atoms with Gasteiger partial charge in [-0.05, 0) is 43.2 Å². The number of rotatable bonds is 2. The standard InChI is InChI=1S/C20H16ClN3O3S/c1-10-11(2)28-20-16(10)19(25)23-18(24-20)13(9-22)6-12-7-14(21)17-15(8-12)26-4-3-5-27-17/h6-8H,3-5H2,1-2H3,(H,23,24,25)/b13-6+. The molecule has 142 valence electrons. The van der Waals surface area contributed by atoms with E-state index < -0.39 is 0 Å². The van der Waals surface area contributed by atoms with Crippen molar-refractivity contribution in [2.75, 3.05) is 13.2 Å². The summed E-state index contributed by atoms with van der Waals surface area (Å²) in [7, 11) is 0. The predicted octanol–water partition coefficient (Wildman–Crippen LogP) is 4.48. The molecule has 1 aliphatic rings. The summed E-state index contributed by atoms with van der Waals surface area (Å²) >= 11 is 7.77. The zero-order valence-corrected chi connectivity index (χ0v) is 16.8. The number of nitriles is 1. The molecule has 0 saturated carbocycles. The molecular weight excluding hydrogens is 398 g/mol. The van der Waals surface area contributed by atoms with E-state index in [9.17, 15) is 10.1 Å². The largest absolute Gasteiger partial charge is 0.489 e. The van der Waals surface area contributed by atoms with E-state index in [0.717, 1.165) is 16.9 Å². The molecule has 3 heterocycles. The van der Waals surface area contributed by atoms with Gasteiger partial charge in [0.15, 0.2) is 17.3 Å². The van der Waals surface area contributed by atoms with Gasteiger partial charge in [-0.1, -0.05) is 11.6 Å². The fourth-order valence-electron chi connectivity index (χ4n) is 3.04. The first-order valence-corrected chi connectivity index (χ1v) is 9.88. The van der Waals surface area contributed by atoms with Crippen LogP contribution in [0.4, 0.5) is 0 Å². The fourth-order valence-corrected chi connectivity index (χ4v) is 4.34. The summed E-state index contributed by atoms with van der Waals surface area (Å²) in [5.74, 6) is 1.27. The summed E-state index contributed by atoms with van der Waals surface area (Å²) in [6.07, 6.45) is 2.39. The molecule has 1 aliphatic heterocycles. The monoisotopic (exact) mass is 413 g/mol. The van der Waals surface area contributed by atoms with Crippen LogP contribution in [0.5, 0.6) is 11.5 Å². The molecule has 0 saturated heterocycles. The van der Waals surface area contributed by atoms with Crippen molar-refractivity contribution < 1.29 is 9.47 Å². The Hall–Kier alpha value is -2.82. The number of thiophene rings is 1. The molecule has 0 atom stereocenters. The van der Waals surface area contributed by atoms with E-state index in [1.54, 1.807) is 18.2 Å². The lowest BCUT2D eigenvalue weighted by atomic mass is 10.1. The SMILES string of the molecule is Cc1sc2nc(/C(C#N)=C/c3cc(Cl)c4c(c3)OCCCO4)[nH]c(=O)c2c1C. The minimum absolute atomic E-state index is 0.226. The maximum absolute atomic E-state index is 12.5. The average molecular weight is 414 g/mol. The first kappa shape index (κ1) is 18.5. The number of benzene rings is 1. The van der Waals surface area contributed by atoms with E-state index in [-0.39, 0.29) is 17.0 Å². The van der Waals surface area contributed by atoms with Crippen molar-refractivity contribution >= 4 is 44.8 Å². The number of H-pyrrole nitrogens is 1. The molecule has 0 spiro atoms. The van der Waals surface area contributed by atoms with E-state index in [1.165, 1.54) is 11.3 Å². The Morgan fingerprint density at radius 3 is 2.93 bits per heavy atom. The van der Waals surface area contributed by atoms with Gasteiger partial charge in [0.05, 0.1) is 29.2 Å². The molecule has 0 unspecified atom stereocenters. The maximum atomic E-state index is 12.5. The van der Waals surface area contributed by atoms with Crippen LogP contribution >= 0.6 is 22.9 Å². The molecule has 2 aromatic heterocycles. The number of ether oxygens (including phenoxy) is 2. The molecule has 1 aromatic carbocycles. The summed E-state index contributed by atoms with van der Waals surface area (Å²) in [5.41, 5.74) is 1.55. The highest BCUT2D eigenvalue weighted by Gasteiger charge is 2.17. The Morgan fingerprint density at radius 2 is 2.14 bits per heavy atom. The number of fused-ring (bicyclic) bond motifs is 2. The molecule has 4 rings (SSSR count). The lowest BCUT2D eigenvalue weighted by molar-refractivity contribution is 0.297. The highest BCUT2D eigenvalue weighted by Crippen LogP contribution is 2.38. The lowest BCUT2D eigenvalue weighted by Gasteiger charge is -2.10. The quantitative estimate of drug-likeness (QED) is 0.626. The van der Waals surface area contributed by atoms with Gasteiger partial charge in [-0.25, -0.2) is 4.98 Å². The van der Waals surface area contributed by atoms with Gasteiger partial charge in [0.25, 0.3) is 5.56 Å². The van der Waals surface area contributed by atoms with E-state index in [0.29, 0.717) is 45.5 Å². The fraction of sp³-hybridized carbons (Fsp3) is 0.250. The Morgan fingerprint density at radius 1 is 1.36 bits per heavy atom. The summed E-state index contributed by atoms with van der Waals surface area (Å²) in [6.45, 7) is 4.91. The van der Waals surface area contributed by atoms with Crippen LogP contribution < -0.4 is 15.0 Å². The van der Waals surface area contributed by atoms with Crippen LogP contribution in [0.2, 0.25) is 5.02 Å². The minimum atomic E-state index is -0.250. The second-order valence-electron chi connectivity index (χ2n) is 6.43. The third kappa shape index (κ3) is 3.26. The number of allylic oxidation sites excluding steroid dienone is 1. The van der Waals surface area contributed by atoms with Crippen LogP contribution in [-0.2, 0) is 0 Å². The summed E-state index contributed by atoms with van der Waals surface area (Å²) in [4.78, 5) is 21.4. The van der Waals surface area contributed by atoms with Crippen molar-refractivity contribution in [1.82, 2.24) is 9.97 Å². The number of hydrogen-bond acceptors (Lipinski definition) is 6. The lowest BCUT2D eigenvalue weighted by Crippen LogP contribution is -2.10. The van der Waals surface area contributed by atoms with Gasteiger partial charge < -0.3 is 14.5 Å². The van der Waals surface area contributed by atoms with Crippen LogP contribution in [0.15, 0.2) is 16.9 Å². The zero-order valence-electron chi connectivity index (χ0n) is 15.3. The van der Waals surface area contributed by atoms with Crippen molar-refractivity contribution in [3.63, 3.8) is 0 Å². The summed E-state index contributed by atoms with van der Waals surface area (Å²) in [6, 6.07) is 5.57. The maximum Gasteiger partial charge on any atom is 0.260 e. The molecule has 8 heteroatoms. The topological polar surface area (TPSA) is 88.0 Å². The van der Waals surface area contributed by atoms with Gasteiger partial charge in [-0.2, -0.15) is 5.26 Å². The predicted molar refractivity (Wildman–Crippen MR) is 110 cm³/mol. The molecule has 0 radical (unpaired) electrons. The summed E-state index contributed by atoms with van der Waals surface area (Å²) in [5, 5.41) is 10.6. The van der Waals surface area contributed by atoms with Gasteiger partial charge in [-0.15, -0.1) is 11.3 Å². The normalized spacial score (nSPS) is 14.0. The smallest absolute Gasteiger partial charge is 0.260 e. The Bertz CT molecular complexity index is 1220. The number of hydrogen-bond donors (Lipinski definition) is 1. The van der Waals surface area contributed by atoms with Gasteiger partial charge in [0.2, 0.25) is 0 Å². The van der Waals surface area contributed by atoms with Crippen LogP contribution in [0, 0.1) is 25.2 Å². The van der Waals surface area contributed by atoms with Crippen molar-refractivity contribution in [3.05, 3.63) is 49.3 Å². The second kappa shape index (κ2) is 7.30. The van der Waals surface area contributed by atoms with Gasteiger partial charge in [0.1, 0.15) is 10.9 Å². The van der Waals surface area contributed by atoms with Crippen LogP contribution in [0.25, 0.3) is 21.9 Å². The van der Waals surface area contributed by atoms with Crippen molar-refractivity contribution in [3.8, 4) is 17.6 Å².